The maximum atomic E-state index is 11.2. The van der Waals surface area contributed by atoms with Crippen LogP contribution in [0, 0.1) is 6.92 Å². The third kappa shape index (κ3) is 1.62. The summed E-state index contributed by atoms with van der Waals surface area (Å²) < 4.78 is 1.25. The molecule has 1 heterocycles. The molecular formula is C7H12N4O. The van der Waals surface area contributed by atoms with E-state index >= 15 is 0 Å². The van der Waals surface area contributed by atoms with Crippen LogP contribution in [0.1, 0.15) is 10.5 Å². The molecule has 0 radical (unpaired) electrons. The highest BCUT2D eigenvalue weighted by atomic mass is 16.2. The molecule has 0 aromatic carbocycles. The van der Waals surface area contributed by atoms with Crippen LogP contribution in [0.5, 0.6) is 0 Å². The Hall–Kier alpha value is -1.36. The van der Waals surface area contributed by atoms with Crippen LogP contribution in [0.2, 0.25) is 0 Å². The van der Waals surface area contributed by atoms with E-state index in [4.69, 9.17) is 5.73 Å². The number of nitrogens with two attached hydrogens (primary N) is 1. The fourth-order valence-corrected chi connectivity index (χ4v) is 0.833. The molecule has 1 rings (SSSR count). The number of hydrogen-bond donors (Lipinski definition) is 2. The van der Waals surface area contributed by atoms with Crippen LogP contribution in [-0.4, -0.2) is 29.3 Å². The van der Waals surface area contributed by atoms with Crippen LogP contribution >= 0.6 is 0 Å². The second-order valence-corrected chi connectivity index (χ2v) is 2.54. The third-order valence-electron chi connectivity index (χ3n) is 1.52. The SMILES string of the molecule is CNCC(=O)n1cc(N)c(C)n1. The van der Waals surface area contributed by atoms with E-state index in [2.05, 4.69) is 10.4 Å². The summed E-state index contributed by atoms with van der Waals surface area (Å²) in [6.07, 6.45) is 1.52. The van der Waals surface area contributed by atoms with Gasteiger partial charge in [-0.05, 0) is 14.0 Å². The molecule has 12 heavy (non-hydrogen) atoms. The molecule has 0 amide bonds. The minimum absolute atomic E-state index is 0.114. The van der Waals surface area contributed by atoms with Crippen LogP contribution in [0.4, 0.5) is 5.69 Å². The first kappa shape index (κ1) is 8.73. The van der Waals surface area contributed by atoms with Gasteiger partial charge in [0.1, 0.15) is 0 Å². The normalized spacial score (nSPS) is 10.2. The third-order valence-corrected chi connectivity index (χ3v) is 1.52. The molecule has 5 heteroatoms. The highest BCUT2D eigenvalue weighted by Gasteiger charge is 2.06. The number of aromatic nitrogens is 2. The Morgan fingerprint density at radius 3 is 2.92 bits per heavy atom. The molecule has 1 aromatic rings. The second-order valence-electron chi connectivity index (χ2n) is 2.54. The molecule has 0 aliphatic rings. The van der Waals surface area contributed by atoms with E-state index < -0.39 is 0 Å². The summed E-state index contributed by atoms with van der Waals surface area (Å²) in [6.45, 7) is 2.03. The van der Waals surface area contributed by atoms with Crippen molar-refractivity contribution in [1.29, 1.82) is 0 Å². The van der Waals surface area contributed by atoms with Crippen molar-refractivity contribution >= 4 is 11.6 Å². The Labute approximate surface area is 70.5 Å². The molecule has 0 aliphatic carbocycles. The Bertz CT molecular complexity index is 272. The zero-order valence-corrected chi connectivity index (χ0v) is 7.16. The lowest BCUT2D eigenvalue weighted by molar-refractivity contribution is 0.0899. The number of anilines is 1. The van der Waals surface area contributed by atoms with Gasteiger partial charge in [-0.15, -0.1) is 0 Å². The number of nitrogen functional groups attached to an aromatic ring is 1. The Balaban J connectivity index is 2.82. The number of likely N-dealkylation sites (N-methyl/N-ethyl adjacent to an activating group) is 1. The second kappa shape index (κ2) is 3.36. The van der Waals surface area contributed by atoms with Crippen molar-refractivity contribution in [1.82, 2.24) is 15.1 Å². The van der Waals surface area contributed by atoms with E-state index in [1.165, 1.54) is 10.9 Å². The van der Waals surface area contributed by atoms with Gasteiger partial charge in [-0.25, -0.2) is 4.68 Å². The fourth-order valence-electron chi connectivity index (χ4n) is 0.833. The minimum atomic E-state index is -0.114. The predicted octanol–water partition coefficient (Wildman–Crippen LogP) is -0.367. The van der Waals surface area contributed by atoms with Crippen LogP contribution in [-0.2, 0) is 0 Å². The molecular weight excluding hydrogens is 156 g/mol. The summed E-state index contributed by atoms with van der Waals surface area (Å²) in [5, 5.41) is 6.67. The first-order chi connectivity index (χ1) is 5.65. The maximum Gasteiger partial charge on any atom is 0.260 e. The quantitative estimate of drug-likeness (QED) is 0.632. The lowest BCUT2D eigenvalue weighted by Gasteiger charge is -1.96. The number of aryl methyl sites for hydroxylation is 1. The smallest absolute Gasteiger partial charge is 0.260 e. The zero-order chi connectivity index (χ0) is 9.14. The molecule has 5 nitrogen and oxygen atoms in total. The summed E-state index contributed by atoms with van der Waals surface area (Å²) in [5.74, 6) is -0.114. The van der Waals surface area contributed by atoms with E-state index in [1.54, 1.807) is 14.0 Å². The van der Waals surface area contributed by atoms with Crippen LogP contribution in [0.3, 0.4) is 0 Å². The summed E-state index contributed by atoms with van der Waals surface area (Å²) >= 11 is 0. The number of carbonyl (C=O) groups excluding carboxylic acids is 1. The van der Waals surface area contributed by atoms with Gasteiger partial charge in [0.2, 0.25) is 0 Å². The topological polar surface area (TPSA) is 72.9 Å². The Morgan fingerprint density at radius 1 is 1.83 bits per heavy atom. The highest BCUT2D eigenvalue weighted by molar-refractivity contribution is 5.80. The lowest BCUT2D eigenvalue weighted by Crippen LogP contribution is -2.24. The van der Waals surface area contributed by atoms with Gasteiger partial charge < -0.3 is 11.1 Å². The fraction of sp³-hybridized carbons (Fsp3) is 0.429. The van der Waals surface area contributed by atoms with E-state index in [0.29, 0.717) is 11.4 Å². The van der Waals surface area contributed by atoms with Crippen molar-refractivity contribution in [2.45, 2.75) is 6.92 Å². The molecule has 0 aliphatic heterocycles. The summed E-state index contributed by atoms with van der Waals surface area (Å²) in [7, 11) is 1.71. The molecule has 0 unspecified atom stereocenters. The van der Waals surface area contributed by atoms with Gasteiger partial charge in [-0.3, -0.25) is 4.79 Å². The maximum absolute atomic E-state index is 11.2. The zero-order valence-electron chi connectivity index (χ0n) is 7.16. The largest absolute Gasteiger partial charge is 0.396 e. The van der Waals surface area contributed by atoms with Gasteiger partial charge in [0.05, 0.1) is 24.1 Å². The lowest BCUT2D eigenvalue weighted by atomic mass is 10.4. The van der Waals surface area contributed by atoms with Crippen LogP contribution in [0.25, 0.3) is 0 Å². The van der Waals surface area contributed by atoms with Crippen LogP contribution < -0.4 is 11.1 Å². The first-order valence-corrected chi connectivity index (χ1v) is 3.64. The van der Waals surface area contributed by atoms with Gasteiger partial charge in [-0.1, -0.05) is 0 Å². The van der Waals surface area contributed by atoms with Crippen molar-refractivity contribution in [3.8, 4) is 0 Å². The first-order valence-electron chi connectivity index (χ1n) is 3.64. The number of carbonyl (C=O) groups is 1. The molecule has 1 aromatic heterocycles. The Kier molecular flexibility index (Phi) is 2.44. The van der Waals surface area contributed by atoms with Gasteiger partial charge in [-0.2, -0.15) is 5.10 Å². The van der Waals surface area contributed by atoms with Gasteiger partial charge in [0.15, 0.2) is 0 Å². The molecule has 0 atom stereocenters. The number of rotatable bonds is 2. The number of hydrogen-bond acceptors (Lipinski definition) is 4. The molecule has 3 N–H and O–H groups in total. The van der Waals surface area contributed by atoms with E-state index in [0.717, 1.165) is 0 Å². The average molecular weight is 168 g/mol. The van der Waals surface area contributed by atoms with Crippen molar-refractivity contribution in [2.75, 3.05) is 19.3 Å². The average Bonchev–Trinajstić information content (AvgIpc) is 2.33. The number of nitrogens with one attached hydrogen (secondary N) is 1. The standard InChI is InChI=1S/C7H12N4O/c1-5-6(8)4-11(10-5)7(12)3-9-2/h4,9H,3,8H2,1-2H3. The minimum Gasteiger partial charge on any atom is -0.396 e. The van der Waals surface area contributed by atoms with Gasteiger partial charge in [0, 0.05) is 0 Å². The predicted molar refractivity (Wildman–Crippen MR) is 45.9 cm³/mol. The molecule has 0 saturated heterocycles. The molecule has 0 bridgehead atoms. The van der Waals surface area contributed by atoms with E-state index in [9.17, 15) is 4.79 Å². The summed E-state index contributed by atoms with van der Waals surface area (Å²) in [5.41, 5.74) is 6.74. The van der Waals surface area contributed by atoms with Crippen molar-refractivity contribution < 1.29 is 4.79 Å². The molecule has 66 valence electrons. The van der Waals surface area contributed by atoms with Crippen LogP contribution in [0.15, 0.2) is 6.20 Å². The monoisotopic (exact) mass is 168 g/mol. The van der Waals surface area contributed by atoms with Gasteiger partial charge >= 0.3 is 0 Å². The van der Waals surface area contributed by atoms with Crippen molar-refractivity contribution in [3.05, 3.63) is 11.9 Å². The van der Waals surface area contributed by atoms with Crippen molar-refractivity contribution in [3.63, 3.8) is 0 Å². The molecule has 0 fully saturated rings. The van der Waals surface area contributed by atoms with Gasteiger partial charge in [0.25, 0.3) is 5.91 Å². The molecule has 0 spiro atoms. The Morgan fingerprint density at radius 2 is 2.50 bits per heavy atom. The summed E-state index contributed by atoms with van der Waals surface area (Å²) in [6, 6.07) is 0. The van der Waals surface area contributed by atoms with E-state index in [1.807, 2.05) is 0 Å². The highest BCUT2D eigenvalue weighted by Crippen LogP contribution is 2.05. The number of nitrogens with zero attached hydrogens (tertiary/aromatic N) is 2. The van der Waals surface area contributed by atoms with E-state index in [-0.39, 0.29) is 12.5 Å². The van der Waals surface area contributed by atoms with Crippen molar-refractivity contribution in [2.24, 2.45) is 0 Å². The summed E-state index contributed by atoms with van der Waals surface area (Å²) in [4.78, 5) is 11.2. The molecule has 0 saturated carbocycles.